The summed E-state index contributed by atoms with van der Waals surface area (Å²) >= 11 is 0. The molecule has 2 heterocycles. The van der Waals surface area contributed by atoms with Crippen LogP contribution in [0.1, 0.15) is 12.8 Å². The molecule has 1 aliphatic carbocycles. The molecule has 4 unspecified atom stereocenters. The lowest BCUT2D eigenvalue weighted by molar-refractivity contribution is -0.121. The molecule has 0 spiro atoms. The molecule has 3 heteroatoms. The molecule has 66 valence electrons. The molecule has 3 aliphatic rings. The van der Waals surface area contributed by atoms with E-state index >= 15 is 0 Å². The Morgan fingerprint density at radius 2 is 2.42 bits per heavy atom. The van der Waals surface area contributed by atoms with Gasteiger partial charge in [0.2, 0.25) is 0 Å². The number of ketones is 1. The lowest BCUT2D eigenvalue weighted by Crippen LogP contribution is -2.39. The molecule has 3 rings (SSSR count). The van der Waals surface area contributed by atoms with Crippen molar-refractivity contribution in [3.63, 3.8) is 0 Å². The van der Waals surface area contributed by atoms with Crippen LogP contribution in [0.25, 0.3) is 0 Å². The molecule has 0 aromatic rings. The van der Waals surface area contributed by atoms with Crippen molar-refractivity contribution in [2.45, 2.75) is 31.1 Å². The number of epoxide rings is 1. The summed E-state index contributed by atoms with van der Waals surface area (Å²) in [6.07, 6.45) is 2.23. The molecular formula is C9H13NO2. The van der Waals surface area contributed by atoms with Crippen LogP contribution in [-0.4, -0.2) is 42.5 Å². The van der Waals surface area contributed by atoms with E-state index in [9.17, 15) is 4.79 Å². The number of ether oxygens (including phenoxy) is 1. The minimum absolute atomic E-state index is 0.00208. The van der Waals surface area contributed by atoms with E-state index in [0.717, 1.165) is 13.0 Å². The molecule has 2 saturated heterocycles. The average molecular weight is 167 g/mol. The molecule has 3 nitrogen and oxygen atoms in total. The van der Waals surface area contributed by atoms with E-state index in [1.807, 2.05) is 0 Å². The second kappa shape index (κ2) is 2.09. The quantitative estimate of drug-likeness (QED) is 0.478. The topological polar surface area (TPSA) is 32.8 Å². The first-order valence-electron chi connectivity index (χ1n) is 4.66. The van der Waals surface area contributed by atoms with Gasteiger partial charge in [0.25, 0.3) is 0 Å². The summed E-state index contributed by atoms with van der Waals surface area (Å²) in [6.45, 7) is 1.13. The molecule has 0 bridgehead atoms. The molecule has 1 saturated carbocycles. The van der Waals surface area contributed by atoms with Crippen molar-refractivity contribution in [1.82, 2.24) is 4.90 Å². The lowest BCUT2D eigenvalue weighted by atomic mass is 9.84. The third-order valence-corrected chi connectivity index (χ3v) is 3.55. The number of rotatable bonds is 0. The molecule has 4 atom stereocenters. The van der Waals surface area contributed by atoms with Gasteiger partial charge < -0.3 is 9.64 Å². The van der Waals surface area contributed by atoms with Gasteiger partial charge in [-0.1, -0.05) is 0 Å². The Bertz CT molecular complexity index is 241. The van der Waals surface area contributed by atoms with E-state index in [1.54, 1.807) is 0 Å². The van der Waals surface area contributed by atoms with E-state index in [-0.39, 0.29) is 6.10 Å². The normalized spacial score (nSPS) is 51.9. The van der Waals surface area contributed by atoms with Crippen LogP contribution in [0.15, 0.2) is 0 Å². The Morgan fingerprint density at radius 3 is 3.25 bits per heavy atom. The van der Waals surface area contributed by atoms with Gasteiger partial charge in [0, 0.05) is 18.4 Å². The van der Waals surface area contributed by atoms with Crippen LogP contribution in [0, 0.1) is 5.92 Å². The minimum atomic E-state index is -0.00208. The Balaban J connectivity index is 1.87. The number of likely N-dealkylation sites (tertiary alicyclic amines) is 1. The van der Waals surface area contributed by atoms with Crippen molar-refractivity contribution < 1.29 is 9.53 Å². The Labute approximate surface area is 71.7 Å². The van der Waals surface area contributed by atoms with Gasteiger partial charge in [0.15, 0.2) is 5.78 Å². The van der Waals surface area contributed by atoms with Gasteiger partial charge in [0.1, 0.15) is 6.10 Å². The number of hydrogen-bond acceptors (Lipinski definition) is 3. The maximum Gasteiger partial charge on any atom is 0.165 e. The van der Waals surface area contributed by atoms with Crippen LogP contribution in [0.2, 0.25) is 0 Å². The van der Waals surface area contributed by atoms with E-state index in [0.29, 0.717) is 23.8 Å². The molecule has 0 radical (unpaired) electrons. The van der Waals surface area contributed by atoms with Gasteiger partial charge in [-0.2, -0.15) is 0 Å². The van der Waals surface area contributed by atoms with Crippen LogP contribution in [0.4, 0.5) is 0 Å². The van der Waals surface area contributed by atoms with Crippen LogP contribution < -0.4 is 0 Å². The van der Waals surface area contributed by atoms with Crippen LogP contribution in [0.5, 0.6) is 0 Å². The number of Topliss-reactive ketones (excluding diaryl/α,β-unsaturated/α-hetero) is 1. The summed E-state index contributed by atoms with van der Waals surface area (Å²) < 4.78 is 5.38. The second-order valence-corrected chi connectivity index (χ2v) is 4.19. The second-order valence-electron chi connectivity index (χ2n) is 4.19. The Kier molecular flexibility index (Phi) is 1.23. The third kappa shape index (κ3) is 0.756. The predicted octanol–water partition coefficient (Wildman–Crippen LogP) is 0.0469. The smallest absolute Gasteiger partial charge is 0.165 e. The average Bonchev–Trinajstić information content (AvgIpc) is 2.76. The van der Waals surface area contributed by atoms with E-state index in [4.69, 9.17) is 4.74 Å². The molecule has 0 amide bonds. The number of fused-ring (bicyclic) bond motifs is 3. The largest absolute Gasteiger partial charge is 0.361 e. The number of carbonyl (C=O) groups excluding carboxylic acids is 1. The first-order chi connectivity index (χ1) is 5.77. The monoisotopic (exact) mass is 167 g/mol. The number of nitrogens with zero attached hydrogens (tertiary/aromatic N) is 1. The number of hydrogen-bond donors (Lipinski definition) is 0. The highest BCUT2D eigenvalue weighted by Crippen LogP contribution is 2.44. The highest BCUT2D eigenvalue weighted by atomic mass is 16.6. The molecular weight excluding hydrogens is 154 g/mol. The maximum atomic E-state index is 11.4. The zero-order chi connectivity index (χ0) is 8.29. The van der Waals surface area contributed by atoms with Gasteiger partial charge in [-0.05, 0) is 20.0 Å². The zero-order valence-electron chi connectivity index (χ0n) is 7.19. The van der Waals surface area contributed by atoms with Crippen LogP contribution >= 0.6 is 0 Å². The first kappa shape index (κ1) is 7.04. The minimum Gasteiger partial charge on any atom is -0.361 e. The van der Waals surface area contributed by atoms with Crippen molar-refractivity contribution in [2.24, 2.45) is 5.92 Å². The molecule has 2 aliphatic heterocycles. The molecule has 3 fully saturated rings. The van der Waals surface area contributed by atoms with Crippen molar-refractivity contribution >= 4 is 5.78 Å². The van der Waals surface area contributed by atoms with Gasteiger partial charge in [-0.15, -0.1) is 0 Å². The summed E-state index contributed by atoms with van der Waals surface area (Å²) in [5, 5.41) is 0. The fourth-order valence-corrected chi connectivity index (χ4v) is 2.76. The van der Waals surface area contributed by atoms with Gasteiger partial charge in [-0.3, -0.25) is 4.79 Å². The molecule has 12 heavy (non-hydrogen) atoms. The summed E-state index contributed by atoms with van der Waals surface area (Å²) in [4.78, 5) is 13.7. The van der Waals surface area contributed by atoms with E-state index in [1.165, 1.54) is 6.42 Å². The van der Waals surface area contributed by atoms with Gasteiger partial charge in [-0.25, -0.2) is 0 Å². The summed E-state index contributed by atoms with van der Waals surface area (Å²) in [5.41, 5.74) is 0. The van der Waals surface area contributed by atoms with Crippen molar-refractivity contribution in [3.8, 4) is 0 Å². The molecule has 0 aromatic heterocycles. The first-order valence-corrected chi connectivity index (χ1v) is 4.66. The van der Waals surface area contributed by atoms with E-state index < -0.39 is 0 Å². The number of carbonyl (C=O) groups is 1. The van der Waals surface area contributed by atoms with Crippen molar-refractivity contribution in [3.05, 3.63) is 0 Å². The van der Waals surface area contributed by atoms with Crippen molar-refractivity contribution in [1.29, 1.82) is 0 Å². The highest BCUT2D eigenvalue weighted by Gasteiger charge is 2.58. The maximum absolute atomic E-state index is 11.4. The standard InChI is InChI=1S/C9H13NO2/c1-10-3-2-5-6(10)4-7(11)9-8(5)12-9/h5-6,8-9H,2-4H2,1H3. The molecule has 0 aromatic carbocycles. The summed E-state index contributed by atoms with van der Waals surface area (Å²) in [7, 11) is 2.11. The summed E-state index contributed by atoms with van der Waals surface area (Å²) in [6, 6.07) is 0.487. The molecule has 0 N–H and O–H groups in total. The lowest BCUT2D eigenvalue weighted by Gasteiger charge is -2.25. The van der Waals surface area contributed by atoms with Crippen molar-refractivity contribution in [2.75, 3.05) is 13.6 Å². The van der Waals surface area contributed by atoms with Crippen LogP contribution in [0.3, 0.4) is 0 Å². The van der Waals surface area contributed by atoms with E-state index in [2.05, 4.69) is 11.9 Å². The highest BCUT2D eigenvalue weighted by molar-refractivity contribution is 5.87. The van der Waals surface area contributed by atoms with Gasteiger partial charge in [0.05, 0.1) is 6.10 Å². The Morgan fingerprint density at radius 1 is 1.58 bits per heavy atom. The zero-order valence-corrected chi connectivity index (χ0v) is 7.19. The Hall–Kier alpha value is -0.410. The fraction of sp³-hybridized carbons (Fsp3) is 0.889. The third-order valence-electron chi connectivity index (χ3n) is 3.55. The summed E-state index contributed by atoms with van der Waals surface area (Å²) in [5.74, 6) is 0.979. The SMILES string of the molecule is CN1CCC2C3OC3C(=O)CC21. The fourth-order valence-electron chi connectivity index (χ4n) is 2.76. The predicted molar refractivity (Wildman–Crippen MR) is 42.8 cm³/mol. The van der Waals surface area contributed by atoms with Gasteiger partial charge >= 0.3 is 0 Å². The van der Waals surface area contributed by atoms with Crippen LogP contribution in [-0.2, 0) is 9.53 Å².